The summed E-state index contributed by atoms with van der Waals surface area (Å²) in [6.45, 7) is 0. The highest BCUT2D eigenvalue weighted by molar-refractivity contribution is 5.90. The number of nitrogen functional groups attached to an aromatic ring is 1. The number of anilines is 2. The quantitative estimate of drug-likeness (QED) is 0.556. The molecule has 0 aliphatic carbocycles. The fourth-order valence-electron chi connectivity index (χ4n) is 0.614. The molecule has 0 saturated carbocycles. The van der Waals surface area contributed by atoms with Crippen molar-refractivity contribution in [2.24, 2.45) is 0 Å². The molecular weight excluding hydrogens is 158 g/mol. The summed E-state index contributed by atoms with van der Waals surface area (Å²) in [6, 6.07) is -0.244. The van der Waals surface area contributed by atoms with Crippen LogP contribution in [0.15, 0.2) is 6.20 Å². The van der Waals surface area contributed by atoms with Crippen LogP contribution in [0.4, 0.5) is 16.3 Å². The van der Waals surface area contributed by atoms with Gasteiger partial charge in [-0.05, 0) is 0 Å². The predicted octanol–water partition coefficient (Wildman–Crippen LogP) is 0.0854. The molecule has 12 heavy (non-hydrogen) atoms. The molecule has 1 heterocycles. The van der Waals surface area contributed by atoms with Crippen molar-refractivity contribution in [3.8, 4) is 0 Å². The van der Waals surface area contributed by atoms with Gasteiger partial charge in [0.15, 0.2) is 5.82 Å². The normalized spacial score (nSPS) is 9.50. The number of nitrogens with one attached hydrogen (secondary N) is 2. The van der Waals surface area contributed by atoms with Crippen molar-refractivity contribution in [2.45, 2.75) is 0 Å². The SMILES string of the molecule is CN(C)C(=O)Nc1[nH]ncc1N. The van der Waals surface area contributed by atoms with Gasteiger partial charge in [-0.2, -0.15) is 5.10 Å². The number of carbonyl (C=O) groups is 1. The first-order chi connectivity index (χ1) is 5.61. The van der Waals surface area contributed by atoms with Crippen molar-refractivity contribution in [3.05, 3.63) is 6.20 Å². The Hall–Kier alpha value is -1.72. The van der Waals surface area contributed by atoms with Crippen molar-refractivity contribution in [3.63, 3.8) is 0 Å². The maximum atomic E-state index is 11.1. The Morgan fingerprint density at radius 3 is 2.83 bits per heavy atom. The molecule has 0 saturated heterocycles. The van der Waals surface area contributed by atoms with Gasteiger partial charge in [-0.1, -0.05) is 0 Å². The Balaban J connectivity index is 2.64. The van der Waals surface area contributed by atoms with Gasteiger partial charge in [-0.3, -0.25) is 10.4 Å². The van der Waals surface area contributed by atoms with Crippen molar-refractivity contribution in [1.82, 2.24) is 15.1 Å². The summed E-state index contributed by atoms with van der Waals surface area (Å²) in [4.78, 5) is 12.5. The molecule has 6 heteroatoms. The van der Waals surface area contributed by atoms with Crippen LogP contribution >= 0.6 is 0 Å². The maximum absolute atomic E-state index is 11.1. The molecule has 1 rings (SSSR count). The topological polar surface area (TPSA) is 87.0 Å². The van der Waals surface area contributed by atoms with E-state index in [9.17, 15) is 4.79 Å². The second kappa shape index (κ2) is 3.12. The molecule has 0 aliphatic heterocycles. The number of nitrogens with two attached hydrogens (primary N) is 1. The number of hydrogen-bond donors (Lipinski definition) is 3. The molecular formula is C6H11N5O. The van der Waals surface area contributed by atoms with Gasteiger partial charge < -0.3 is 10.6 Å². The fourth-order valence-corrected chi connectivity index (χ4v) is 0.614. The second-order valence-corrected chi connectivity index (χ2v) is 2.52. The van der Waals surface area contributed by atoms with E-state index in [2.05, 4.69) is 15.5 Å². The molecule has 4 N–H and O–H groups in total. The standard InChI is InChI=1S/C6H11N5O/c1-11(2)6(12)9-5-4(7)3-8-10-5/h3H,7H2,1-2H3,(H2,8,9,10,12). The maximum Gasteiger partial charge on any atom is 0.322 e. The van der Waals surface area contributed by atoms with Crippen LogP contribution in [0.3, 0.4) is 0 Å². The molecule has 66 valence electrons. The predicted molar refractivity (Wildman–Crippen MR) is 45.7 cm³/mol. The number of aromatic nitrogens is 2. The minimum Gasteiger partial charge on any atom is -0.394 e. The Morgan fingerprint density at radius 2 is 2.42 bits per heavy atom. The average Bonchev–Trinajstić information content (AvgIpc) is 2.36. The van der Waals surface area contributed by atoms with Crippen molar-refractivity contribution < 1.29 is 4.79 Å². The second-order valence-electron chi connectivity index (χ2n) is 2.52. The zero-order valence-corrected chi connectivity index (χ0v) is 6.96. The monoisotopic (exact) mass is 169 g/mol. The van der Waals surface area contributed by atoms with E-state index >= 15 is 0 Å². The summed E-state index contributed by atoms with van der Waals surface area (Å²) in [5, 5.41) is 8.74. The molecule has 0 radical (unpaired) electrons. The first-order valence-corrected chi connectivity index (χ1v) is 3.38. The minimum atomic E-state index is -0.244. The third kappa shape index (κ3) is 1.66. The number of aromatic amines is 1. The smallest absolute Gasteiger partial charge is 0.322 e. The molecule has 0 aliphatic rings. The van der Waals surface area contributed by atoms with Crippen LogP contribution in [0.25, 0.3) is 0 Å². The Kier molecular flexibility index (Phi) is 2.18. The van der Waals surface area contributed by atoms with Gasteiger partial charge in [0.1, 0.15) is 0 Å². The lowest BCUT2D eigenvalue weighted by Crippen LogP contribution is -2.27. The van der Waals surface area contributed by atoms with E-state index in [4.69, 9.17) is 5.73 Å². The van der Waals surface area contributed by atoms with E-state index in [-0.39, 0.29) is 6.03 Å². The first-order valence-electron chi connectivity index (χ1n) is 3.38. The molecule has 0 aromatic carbocycles. The largest absolute Gasteiger partial charge is 0.394 e. The number of amides is 2. The fraction of sp³-hybridized carbons (Fsp3) is 0.333. The number of hydrogen-bond acceptors (Lipinski definition) is 3. The third-order valence-electron chi connectivity index (χ3n) is 1.31. The van der Waals surface area contributed by atoms with E-state index in [1.807, 2.05) is 0 Å². The summed E-state index contributed by atoms with van der Waals surface area (Å²) in [5.41, 5.74) is 5.88. The lowest BCUT2D eigenvalue weighted by atomic mass is 10.5. The van der Waals surface area contributed by atoms with Gasteiger partial charge in [0.2, 0.25) is 0 Å². The van der Waals surface area contributed by atoms with Crippen LogP contribution in [0.2, 0.25) is 0 Å². The summed E-state index contributed by atoms with van der Waals surface area (Å²) in [7, 11) is 3.28. The Labute approximate surface area is 69.7 Å². The molecule has 6 nitrogen and oxygen atoms in total. The van der Waals surface area contributed by atoms with Gasteiger partial charge in [-0.25, -0.2) is 4.79 Å². The molecule has 1 aromatic heterocycles. The van der Waals surface area contributed by atoms with Crippen molar-refractivity contribution in [1.29, 1.82) is 0 Å². The average molecular weight is 169 g/mol. The summed E-state index contributed by atoms with van der Waals surface area (Å²) < 4.78 is 0. The zero-order chi connectivity index (χ0) is 9.14. The molecule has 0 bridgehead atoms. The molecule has 0 spiro atoms. The highest BCUT2D eigenvalue weighted by Crippen LogP contribution is 2.11. The van der Waals surface area contributed by atoms with Gasteiger partial charge >= 0.3 is 6.03 Å². The van der Waals surface area contributed by atoms with Gasteiger partial charge in [0, 0.05) is 14.1 Å². The van der Waals surface area contributed by atoms with E-state index in [1.165, 1.54) is 11.1 Å². The number of H-pyrrole nitrogens is 1. The summed E-state index contributed by atoms with van der Waals surface area (Å²) in [6.07, 6.45) is 1.44. The number of rotatable bonds is 1. The van der Waals surface area contributed by atoms with Gasteiger partial charge in [0.05, 0.1) is 11.9 Å². The van der Waals surface area contributed by atoms with Crippen LogP contribution in [0, 0.1) is 0 Å². The lowest BCUT2D eigenvalue weighted by molar-refractivity contribution is 0.230. The minimum absolute atomic E-state index is 0.244. The van der Waals surface area contributed by atoms with Crippen LogP contribution < -0.4 is 11.1 Å². The van der Waals surface area contributed by atoms with Crippen LogP contribution in [0.1, 0.15) is 0 Å². The van der Waals surface area contributed by atoms with Crippen LogP contribution in [-0.2, 0) is 0 Å². The molecule has 0 atom stereocenters. The number of urea groups is 1. The highest BCUT2D eigenvalue weighted by Gasteiger charge is 2.06. The van der Waals surface area contributed by atoms with E-state index < -0.39 is 0 Å². The Morgan fingerprint density at radius 1 is 1.75 bits per heavy atom. The molecule has 0 unspecified atom stereocenters. The Bertz CT molecular complexity index is 279. The highest BCUT2D eigenvalue weighted by atomic mass is 16.2. The van der Waals surface area contributed by atoms with Crippen molar-refractivity contribution in [2.75, 3.05) is 25.1 Å². The molecule has 1 aromatic rings. The van der Waals surface area contributed by atoms with Crippen LogP contribution in [-0.4, -0.2) is 35.2 Å². The third-order valence-corrected chi connectivity index (χ3v) is 1.31. The first kappa shape index (κ1) is 8.38. The van der Waals surface area contributed by atoms with Gasteiger partial charge in [0.25, 0.3) is 0 Å². The van der Waals surface area contributed by atoms with Crippen molar-refractivity contribution >= 4 is 17.5 Å². The summed E-state index contributed by atoms with van der Waals surface area (Å²) in [5.74, 6) is 0.425. The number of nitrogens with zero attached hydrogens (tertiary/aromatic N) is 2. The lowest BCUT2D eigenvalue weighted by Gasteiger charge is -2.10. The zero-order valence-electron chi connectivity index (χ0n) is 6.96. The van der Waals surface area contributed by atoms with E-state index in [0.29, 0.717) is 11.5 Å². The summed E-state index contributed by atoms with van der Waals surface area (Å²) >= 11 is 0. The number of carbonyl (C=O) groups excluding carboxylic acids is 1. The molecule has 0 fully saturated rings. The van der Waals surface area contributed by atoms with E-state index in [0.717, 1.165) is 0 Å². The molecule has 2 amide bonds. The van der Waals surface area contributed by atoms with Gasteiger partial charge in [-0.15, -0.1) is 0 Å². The van der Waals surface area contributed by atoms with E-state index in [1.54, 1.807) is 14.1 Å². The van der Waals surface area contributed by atoms with Crippen LogP contribution in [0.5, 0.6) is 0 Å².